The molecule has 1 heterocycles. The quantitative estimate of drug-likeness (QED) is 0.0687. The molecule has 1 aliphatic heterocycles. The number of benzene rings is 2. The van der Waals surface area contributed by atoms with Gasteiger partial charge in [0.05, 0.1) is 19.8 Å². The standard InChI is InChI=1S/C17H24O6.C14H15O4.C3H8O2/c1-21-11-12-22-16(19)15(9-5-6-10-18)17(20)23-13-14-7-3-2-4-8-14;15-13-12(8-4-5-9-17-13)14(16)18-10-11-6-2-1-3-7-11;1-5-3-2-4/h2-4,7-8,15,18H,5-6,9-13H2,1H3;1-3,6-7,9,12H,4-5,8,10H2;4H,2-3H2,1H3/q;+1;. The van der Waals surface area contributed by atoms with Crippen LogP contribution in [0.15, 0.2) is 60.7 Å². The fraction of sp³-hybridized carbons (Fsp3) is 0.500. The number of ether oxygens (including phenoxy) is 5. The van der Waals surface area contributed by atoms with Crippen LogP contribution in [0.2, 0.25) is 0 Å². The molecule has 2 N–H and O–H groups in total. The summed E-state index contributed by atoms with van der Waals surface area (Å²) in [5, 5.41) is 16.8. The van der Waals surface area contributed by atoms with Crippen molar-refractivity contribution in [3.8, 4) is 0 Å². The topological polar surface area (TPSA) is 166 Å². The van der Waals surface area contributed by atoms with Crippen LogP contribution in [0.25, 0.3) is 0 Å². The van der Waals surface area contributed by atoms with Crippen LogP contribution in [-0.4, -0.2) is 87.6 Å². The monoisotopic (exact) mass is 647 g/mol. The van der Waals surface area contributed by atoms with Crippen molar-refractivity contribution in [3.05, 3.63) is 71.8 Å². The first-order chi connectivity index (χ1) is 22.4. The number of methoxy groups -OCH3 is 2. The summed E-state index contributed by atoms with van der Waals surface area (Å²) in [6.07, 6.45) is 4.75. The van der Waals surface area contributed by atoms with E-state index in [0.717, 1.165) is 17.5 Å². The lowest BCUT2D eigenvalue weighted by Crippen LogP contribution is -2.29. The molecule has 0 radical (unpaired) electrons. The van der Waals surface area contributed by atoms with E-state index < -0.39 is 35.7 Å². The lowest BCUT2D eigenvalue weighted by Gasteiger charge is -2.15. The van der Waals surface area contributed by atoms with Crippen LogP contribution in [0.1, 0.15) is 49.7 Å². The van der Waals surface area contributed by atoms with Crippen molar-refractivity contribution in [2.24, 2.45) is 11.8 Å². The molecule has 0 amide bonds. The molecule has 46 heavy (non-hydrogen) atoms. The summed E-state index contributed by atoms with van der Waals surface area (Å²) >= 11 is 0. The molecule has 2 unspecified atom stereocenters. The first kappa shape index (κ1) is 40.1. The maximum atomic E-state index is 12.2. The predicted molar refractivity (Wildman–Crippen MR) is 167 cm³/mol. The number of esters is 3. The molecular weight excluding hydrogens is 600 g/mol. The van der Waals surface area contributed by atoms with Crippen molar-refractivity contribution in [1.29, 1.82) is 0 Å². The second kappa shape index (κ2) is 26.3. The average molecular weight is 648 g/mol. The summed E-state index contributed by atoms with van der Waals surface area (Å²) in [6, 6.07) is 18.6. The molecule has 254 valence electrons. The fourth-order valence-corrected chi connectivity index (χ4v) is 3.83. The van der Waals surface area contributed by atoms with Crippen LogP contribution in [0, 0.1) is 11.8 Å². The first-order valence-corrected chi connectivity index (χ1v) is 15.2. The molecular formula is C34H47O12+. The van der Waals surface area contributed by atoms with Crippen LogP contribution in [0.4, 0.5) is 0 Å². The zero-order valence-electron chi connectivity index (χ0n) is 26.7. The summed E-state index contributed by atoms with van der Waals surface area (Å²) < 4.78 is 29.5. The van der Waals surface area contributed by atoms with Gasteiger partial charge in [-0.2, -0.15) is 0 Å². The maximum Gasteiger partial charge on any atom is 0.593 e. The molecule has 0 saturated carbocycles. The summed E-state index contributed by atoms with van der Waals surface area (Å²) in [5.74, 6) is -3.98. The minimum Gasteiger partial charge on any atom is -0.463 e. The van der Waals surface area contributed by atoms with Crippen LogP contribution in [-0.2, 0) is 60.5 Å². The van der Waals surface area contributed by atoms with Crippen LogP contribution < -0.4 is 0 Å². The molecule has 3 rings (SSSR count). The molecule has 0 fully saturated rings. The van der Waals surface area contributed by atoms with Crippen molar-refractivity contribution in [3.63, 3.8) is 0 Å². The van der Waals surface area contributed by atoms with Gasteiger partial charge >= 0.3 is 23.9 Å². The smallest absolute Gasteiger partial charge is 0.463 e. The van der Waals surface area contributed by atoms with Gasteiger partial charge in [0.1, 0.15) is 19.8 Å². The number of rotatable bonds is 16. The van der Waals surface area contributed by atoms with Gasteiger partial charge in [-0.05, 0) is 43.2 Å². The van der Waals surface area contributed by atoms with Gasteiger partial charge in [-0.25, -0.2) is 0 Å². The Morgan fingerprint density at radius 2 is 1.37 bits per heavy atom. The number of carbonyl (C=O) groups excluding carboxylic acids is 5. The minimum atomic E-state index is -0.970. The van der Waals surface area contributed by atoms with Crippen molar-refractivity contribution in [2.45, 2.75) is 51.7 Å². The third-order valence-electron chi connectivity index (χ3n) is 6.33. The number of unbranched alkanes of at least 4 members (excludes halogenated alkanes) is 1. The molecule has 12 heteroatoms. The van der Waals surface area contributed by atoms with Gasteiger partial charge < -0.3 is 33.9 Å². The van der Waals surface area contributed by atoms with E-state index in [1.807, 2.05) is 60.7 Å². The third-order valence-corrected chi connectivity index (χ3v) is 6.33. The summed E-state index contributed by atoms with van der Waals surface area (Å²) in [6.45, 7) is 1.25. The summed E-state index contributed by atoms with van der Waals surface area (Å²) in [4.78, 5) is 47.5. The maximum absolute atomic E-state index is 12.2. The molecule has 2 atom stereocenters. The predicted octanol–water partition coefficient (Wildman–Crippen LogP) is 3.11. The van der Waals surface area contributed by atoms with E-state index >= 15 is 0 Å². The van der Waals surface area contributed by atoms with Crippen molar-refractivity contribution >= 4 is 30.2 Å². The summed E-state index contributed by atoms with van der Waals surface area (Å²) in [5.41, 5.74) is 1.75. The number of aldehydes is 1. The molecule has 12 nitrogen and oxygen atoms in total. The number of hydrogen-bond donors (Lipinski definition) is 2. The van der Waals surface area contributed by atoms with E-state index in [4.69, 9.17) is 33.6 Å². The Hall–Kier alpha value is -3.97. The van der Waals surface area contributed by atoms with Gasteiger partial charge in [-0.15, -0.1) is 0 Å². The van der Waals surface area contributed by atoms with E-state index in [0.29, 0.717) is 38.7 Å². The Balaban J connectivity index is 0.000000409. The van der Waals surface area contributed by atoms with Crippen molar-refractivity contribution < 1.29 is 57.5 Å². The Bertz CT molecular complexity index is 1140. The van der Waals surface area contributed by atoms with Crippen LogP contribution in [0.3, 0.4) is 0 Å². The Morgan fingerprint density at radius 3 is 1.91 bits per heavy atom. The average Bonchev–Trinajstić information content (AvgIpc) is 3.30. The highest BCUT2D eigenvalue weighted by atomic mass is 16.6. The van der Waals surface area contributed by atoms with E-state index in [-0.39, 0.29) is 39.6 Å². The van der Waals surface area contributed by atoms with Gasteiger partial charge in [0.25, 0.3) is 0 Å². The Labute approximate surface area is 270 Å². The highest BCUT2D eigenvalue weighted by molar-refractivity contribution is 5.95. The first-order valence-electron chi connectivity index (χ1n) is 15.2. The molecule has 1 aliphatic rings. The largest absolute Gasteiger partial charge is 0.593 e. The second-order valence-corrected chi connectivity index (χ2v) is 9.92. The lowest BCUT2D eigenvalue weighted by molar-refractivity contribution is -0.376. The molecule has 0 saturated heterocycles. The van der Waals surface area contributed by atoms with E-state index in [2.05, 4.69) is 4.74 Å². The zero-order valence-corrected chi connectivity index (χ0v) is 26.7. The molecule has 0 aromatic heterocycles. The van der Waals surface area contributed by atoms with Crippen molar-refractivity contribution in [1.82, 2.24) is 0 Å². The summed E-state index contributed by atoms with van der Waals surface area (Å²) in [7, 11) is 3.05. The Morgan fingerprint density at radius 1 is 0.783 bits per heavy atom. The number of carbonyl (C=O) groups is 4. The Kier molecular flexibility index (Phi) is 22.9. The highest BCUT2D eigenvalue weighted by Crippen LogP contribution is 2.16. The van der Waals surface area contributed by atoms with Gasteiger partial charge in [-0.3, -0.25) is 18.8 Å². The van der Waals surface area contributed by atoms with E-state index in [9.17, 15) is 19.2 Å². The normalized spacial score (nSPS) is 14.3. The number of hydrogen-bond acceptors (Lipinski definition) is 11. The fourth-order valence-electron chi connectivity index (χ4n) is 3.83. The second-order valence-electron chi connectivity index (χ2n) is 9.92. The minimum absolute atomic E-state index is 0.0184. The van der Waals surface area contributed by atoms with Crippen LogP contribution in [0.5, 0.6) is 0 Å². The lowest BCUT2D eigenvalue weighted by atomic mass is 10.0. The molecule has 2 aromatic carbocycles. The van der Waals surface area contributed by atoms with Gasteiger partial charge in [-0.1, -0.05) is 60.7 Å². The molecule has 0 spiro atoms. The van der Waals surface area contributed by atoms with Gasteiger partial charge in [0, 0.05) is 32.0 Å². The molecule has 0 bridgehead atoms. The number of aliphatic hydroxyl groups excluding tert-OH is 2. The highest BCUT2D eigenvalue weighted by Gasteiger charge is 2.38. The third kappa shape index (κ3) is 18.1. The van der Waals surface area contributed by atoms with Crippen molar-refractivity contribution in [2.75, 3.05) is 47.3 Å². The van der Waals surface area contributed by atoms with Crippen LogP contribution >= 0.6 is 0 Å². The van der Waals surface area contributed by atoms with Gasteiger partial charge in [0.2, 0.25) is 5.92 Å². The SMILES string of the molecule is COCCO.COCCOC(=O)C(CCCCO)C(=O)OCc1ccccc1.O=C(OCc1ccccc1)C1CCCC=[O+]C1=O. The van der Waals surface area contributed by atoms with E-state index in [1.54, 1.807) is 7.11 Å². The number of aliphatic hydroxyl groups is 2. The van der Waals surface area contributed by atoms with E-state index in [1.165, 1.54) is 13.4 Å². The molecule has 0 aliphatic carbocycles. The van der Waals surface area contributed by atoms with Gasteiger partial charge in [0.15, 0.2) is 12.2 Å². The zero-order chi connectivity index (χ0) is 33.8. The molecule has 2 aromatic rings.